The highest BCUT2D eigenvalue weighted by Crippen LogP contribution is 2.22. The second kappa shape index (κ2) is 8.31. The quantitative estimate of drug-likeness (QED) is 0.797. The zero-order chi connectivity index (χ0) is 15.9. The number of unbranched alkanes of at least 4 members (excludes halogenated alkanes) is 1. The summed E-state index contributed by atoms with van der Waals surface area (Å²) in [6, 6.07) is 10.1. The van der Waals surface area contributed by atoms with Gasteiger partial charge in [-0.2, -0.15) is 5.26 Å². The molecule has 1 aromatic carbocycles. The molecule has 2 atom stereocenters. The second-order valence-electron chi connectivity index (χ2n) is 6.69. The molecule has 0 amide bonds. The zero-order valence-electron chi connectivity index (χ0n) is 14.1. The second-order valence-corrected chi connectivity index (χ2v) is 6.69. The summed E-state index contributed by atoms with van der Waals surface area (Å²) in [7, 11) is 0. The highest BCUT2D eigenvalue weighted by molar-refractivity contribution is 5.31. The van der Waals surface area contributed by atoms with Gasteiger partial charge in [0.1, 0.15) is 0 Å². The van der Waals surface area contributed by atoms with Crippen LogP contribution in [0.2, 0.25) is 0 Å². The summed E-state index contributed by atoms with van der Waals surface area (Å²) >= 11 is 0. The molecule has 0 unspecified atom stereocenters. The lowest BCUT2D eigenvalue weighted by atomic mass is 10.0. The van der Waals surface area contributed by atoms with E-state index < -0.39 is 0 Å². The highest BCUT2D eigenvalue weighted by atomic mass is 16.5. The van der Waals surface area contributed by atoms with E-state index in [0.717, 1.165) is 31.6 Å². The molecule has 1 heterocycles. The van der Waals surface area contributed by atoms with Crippen molar-refractivity contribution in [2.45, 2.75) is 58.8 Å². The third-order valence-corrected chi connectivity index (χ3v) is 4.38. The molecule has 0 aromatic heterocycles. The van der Waals surface area contributed by atoms with Crippen LogP contribution in [0.5, 0.6) is 0 Å². The van der Waals surface area contributed by atoms with Gasteiger partial charge in [-0.05, 0) is 30.0 Å². The molecule has 1 aliphatic rings. The summed E-state index contributed by atoms with van der Waals surface area (Å²) in [6.45, 7) is 9.68. The average molecular weight is 300 g/mol. The Labute approximate surface area is 134 Å². The fourth-order valence-corrected chi connectivity index (χ4v) is 2.98. The lowest BCUT2D eigenvalue weighted by Crippen LogP contribution is -2.48. The third kappa shape index (κ3) is 4.83. The molecular weight excluding hydrogens is 272 g/mol. The van der Waals surface area contributed by atoms with Gasteiger partial charge in [-0.3, -0.25) is 4.90 Å². The number of rotatable bonds is 6. The number of nitriles is 1. The summed E-state index contributed by atoms with van der Waals surface area (Å²) in [5, 5.41) is 8.89. The maximum absolute atomic E-state index is 8.89. The first-order valence-electron chi connectivity index (χ1n) is 8.49. The fourth-order valence-electron chi connectivity index (χ4n) is 2.98. The molecular formula is C19H28N2O. The molecule has 1 aromatic rings. The van der Waals surface area contributed by atoms with Crippen molar-refractivity contribution in [1.82, 2.24) is 4.90 Å². The normalized spacial score (nSPS) is 22.7. The fraction of sp³-hybridized carbons (Fsp3) is 0.632. The van der Waals surface area contributed by atoms with Crippen LogP contribution in [0.25, 0.3) is 0 Å². The Hall–Kier alpha value is -1.37. The summed E-state index contributed by atoms with van der Waals surface area (Å²) in [5.74, 6) is 0.549. The van der Waals surface area contributed by atoms with Crippen LogP contribution < -0.4 is 0 Å². The van der Waals surface area contributed by atoms with Crippen LogP contribution in [0.4, 0.5) is 0 Å². The lowest BCUT2D eigenvalue weighted by molar-refractivity contribution is -0.108. The van der Waals surface area contributed by atoms with Crippen LogP contribution in [0.15, 0.2) is 24.3 Å². The van der Waals surface area contributed by atoms with E-state index in [2.05, 4.69) is 43.9 Å². The minimum atomic E-state index is 0.328. The van der Waals surface area contributed by atoms with Crippen molar-refractivity contribution in [3.05, 3.63) is 35.4 Å². The van der Waals surface area contributed by atoms with Crippen molar-refractivity contribution in [2.75, 3.05) is 13.1 Å². The molecule has 0 saturated carbocycles. The number of benzene rings is 1. The van der Waals surface area contributed by atoms with E-state index in [0.29, 0.717) is 18.1 Å². The van der Waals surface area contributed by atoms with Crippen LogP contribution in [-0.2, 0) is 11.3 Å². The Bertz CT molecular complexity index is 489. The molecule has 3 nitrogen and oxygen atoms in total. The number of ether oxygens (including phenoxy) is 1. The van der Waals surface area contributed by atoms with Gasteiger partial charge in [0.2, 0.25) is 0 Å². The van der Waals surface area contributed by atoms with Crippen molar-refractivity contribution in [3.8, 4) is 6.07 Å². The van der Waals surface area contributed by atoms with E-state index in [1.54, 1.807) is 0 Å². The first-order valence-corrected chi connectivity index (χ1v) is 8.49. The van der Waals surface area contributed by atoms with Crippen LogP contribution in [-0.4, -0.2) is 30.2 Å². The monoisotopic (exact) mass is 300 g/mol. The van der Waals surface area contributed by atoms with Crippen LogP contribution in [0.3, 0.4) is 0 Å². The minimum absolute atomic E-state index is 0.328. The standard InChI is InChI=1S/C19H28N2O/c1-4-5-6-18-13-21(14-19(22-18)15(2)3)12-17-9-7-16(11-20)8-10-17/h7-10,15,18-19H,4-6,12-14H2,1-3H3/t18-,19-/m1/s1. The highest BCUT2D eigenvalue weighted by Gasteiger charge is 2.29. The molecule has 120 valence electrons. The van der Waals surface area contributed by atoms with E-state index in [4.69, 9.17) is 10.00 Å². The van der Waals surface area contributed by atoms with Gasteiger partial charge in [-0.25, -0.2) is 0 Å². The van der Waals surface area contributed by atoms with Gasteiger partial charge in [-0.15, -0.1) is 0 Å². The SMILES string of the molecule is CCCC[C@@H]1CN(Cc2ccc(C#N)cc2)C[C@H](C(C)C)O1. The van der Waals surface area contributed by atoms with Crippen molar-refractivity contribution < 1.29 is 4.74 Å². The molecule has 3 heteroatoms. The molecule has 0 spiro atoms. The van der Waals surface area contributed by atoms with Crippen LogP contribution in [0, 0.1) is 17.2 Å². The molecule has 2 rings (SSSR count). The first-order chi connectivity index (χ1) is 10.6. The number of morpholine rings is 1. The molecule has 0 bridgehead atoms. The number of nitrogens with zero attached hydrogens (tertiary/aromatic N) is 2. The Morgan fingerprint density at radius 1 is 1.27 bits per heavy atom. The van der Waals surface area contributed by atoms with Gasteiger partial charge < -0.3 is 4.74 Å². The molecule has 1 fully saturated rings. The van der Waals surface area contributed by atoms with Gasteiger partial charge >= 0.3 is 0 Å². The molecule has 1 aliphatic heterocycles. The predicted molar refractivity (Wildman–Crippen MR) is 89.5 cm³/mol. The van der Waals surface area contributed by atoms with Crippen molar-refractivity contribution >= 4 is 0 Å². The van der Waals surface area contributed by atoms with Gasteiger partial charge in [-0.1, -0.05) is 45.7 Å². The Kier molecular flexibility index (Phi) is 6.42. The first kappa shape index (κ1) is 17.0. The van der Waals surface area contributed by atoms with Gasteiger partial charge in [0.15, 0.2) is 0 Å². The Morgan fingerprint density at radius 3 is 2.59 bits per heavy atom. The molecule has 1 saturated heterocycles. The summed E-state index contributed by atoms with van der Waals surface area (Å²) in [5.41, 5.74) is 2.00. The molecule has 0 radical (unpaired) electrons. The largest absolute Gasteiger partial charge is 0.372 e. The van der Waals surface area contributed by atoms with Gasteiger partial charge in [0.05, 0.1) is 23.8 Å². The maximum atomic E-state index is 8.89. The third-order valence-electron chi connectivity index (χ3n) is 4.38. The Morgan fingerprint density at radius 2 is 2.00 bits per heavy atom. The van der Waals surface area contributed by atoms with Crippen LogP contribution >= 0.6 is 0 Å². The van der Waals surface area contributed by atoms with Crippen LogP contribution in [0.1, 0.15) is 51.2 Å². The van der Waals surface area contributed by atoms with Gasteiger partial charge in [0, 0.05) is 19.6 Å². The lowest BCUT2D eigenvalue weighted by Gasteiger charge is -2.40. The van der Waals surface area contributed by atoms with E-state index in [1.165, 1.54) is 18.4 Å². The molecule has 22 heavy (non-hydrogen) atoms. The smallest absolute Gasteiger partial charge is 0.0991 e. The minimum Gasteiger partial charge on any atom is -0.372 e. The van der Waals surface area contributed by atoms with E-state index in [1.807, 2.05) is 12.1 Å². The summed E-state index contributed by atoms with van der Waals surface area (Å²) in [4.78, 5) is 2.51. The van der Waals surface area contributed by atoms with E-state index >= 15 is 0 Å². The summed E-state index contributed by atoms with van der Waals surface area (Å²) in [6.07, 6.45) is 4.31. The number of hydrogen-bond acceptors (Lipinski definition) is 3. The topological polar surface area (TPSA) is 36.3 Å². The molecule has 0 N–H and O–H groups in total. The zero-order valence-corrected chi connectivity index (χ0v) is 14.1. The number of hydrogen-bond donors (Lipinski definition) is 0. The average Bonchev–Trinajstić information content (AvgIpc) is 2.53. The van der Waals surface area contributed by atoms with Crippen molar-refractivity contribution in [3.63, 3.8) is 0 Å². The van der Waals surface area contributed by atoms with Crippen molar-refractivity contribution in [2.24, 2.45) is 5.92 Å². The summed E-state index contributed by atoms with van der Waals surface area (Å²) < 4.78 is 6.27. The predicted octanol–water partition coefficient (Wildman–Crippen LogP) is 3.97. The maximum Gasteiger partial charge on any atom is 0.0991 e. The van der Waals surface area contributed by atoms with Crippen molar-refractivity contribution in [1.29, 1.82) is 5.26 Å². The Balaban J connectivity index is 1.99. The van der Waals surface area contributed by atoms with E-state index in [-0.39, 0.29) is 0 Å². The van der Waals surface area contributed by atoms with E-state index in [9.17, 15) is 0 Å². The molecule has 0 aliphatic carbocycles. The van der Waals surface area contributed by atoms with Gasteiger partial charge in [0.25, 0.3) is 0 Å².